The topological polar surface area (TPSA) is 38.3 Å². The average Bonchev–Trinajstić information content (AvgIpc) is 2.76. The molecule has 0 bridgehead atoms. The lowest BCUT2D eigenvalue weighted by molar-refractivity contribution is -0.118. The first kappa shape index (κ1) is 12.5. The van der Waals surface area contributed by atoms with Crippen LogP contribution in [0.25, 0.3) is 0 Å². The monoisotopic (exact) mass is 301 g/mol. The number of hydrogen-bond donors (Lipinski definition) is 1. The Morgan fingerprint density at radius 2 is 2.41 bits per heavy atom. The summed E-state index contributed by atoms with van der Waals surface area (Å²) in [6.45, 7) is 0.710. The number of carbonyl (C=O) groups excluding carboxylic acids is 1. The molecule has 1 aromatic carbocycles. The molecule has 1 fully saturated rings. The fraction of sp³-hybridized carbons (Fsp3) is 0.417. The van der Waals surface area contributed by atoms with Crippen molar-refractivity contribution in [1.29, 1.82) is 0 Å². The van der Waals surface area contributed by atoms with Crippen LogP contribution in [-0.2, 0) is 9.53 Å². The maximum Gasteiger partial charge on any atom is 0.227 e. The number of ether oxygens (including phenoxy) is 1. The third-order valence-corrected chi connectivity index (χ3v) is 3.33. The van der Waals surface area contributed by atoms with Gasteiger partial charge in [0.2, 0.25) is 5.91 Å². The molecule has 1 heterocycles. The van der Waals surface area contributed by atoms with Crippen LogP contribution in [0.2, 0.25) is 0 Å². The molecule has 0 aliphatic carbocycles. The Hall–Kier alpha value is -0.940. The molecule has 5 heteroatoms. The van der Waals surface area contributed by atoms with Gasteiger partial charge < -0.3 is 10.1 Å². The van der Waals surface area contributed by atoms with Gasteiger partial charge in [0.25, 0.3) is 0 Å². The molecule has 1 atom stereocenters. The van der Waals surface area contributed by atoms with Crippen LogP contribution in [0.15, 0.2) is 22.7 Å². The van der Waals surface area contributed by atoms with Crippen LogP contribution >= 0.6 is 15.9 Å². The normalized spacial score (nSPS) is 19.3. The second-order valence-corrected chi connectivity index (χ2v) is 4.84. The molecule has 1 N–H and O–H groups in total. The molecule has 1 aliphatic heterocycles. The highest BCUT2D eigenvalue weighted by atomic mass is 79.9. The summed E-state index contributed by atoms with van der Waals surface area (Å²) in [7, 11) is 0. The summed E-state index contributed by atoms with van der Waals surface area (Å²) < 4.78 is 19.3. The van der Waals surface area contributed by atoms with Crippen LogP contribution in [0.3, 0.4) is 0 Å². The number of halogens is 2. The van der Waals surface area contributed by atoms with Crippen molar-refractivity contribution >= 4 is 27.5 Å². The Bertz CT molecular complexity index is 399. The number of rotatable bonds is 3. The van der Waals surface area contributed by atoms with Crippen LogP contribution in [0, 0.1) is 5.82 Å². The van der Waals surface area contributed by atoms with Crippen molar-refractivity contribution in [3.8, 4) is 0 Å². The van der Waals surface area contributed by atoms with Crippen molar-refractivity contribution in [2.75, 3.05) is 11.9 Å². The van der Waals surface area contributed by atoms with E-state index >= 15 is 0 Å². The number of carbonyl (C=O) groups is 1. The van der Waals surface area contributed by atoms with Gasteiger partial charge in [-0.05, 0) is 40.9 Å². The first-order valence-corrected chi connectivity index (χ1v) is 6.31. The van der Waals surface area contributed by atoms with Gasteiger partial charge in [-0.3, -0.25) is 4.79 Å². The number of para-hydroxylation sites is 1. The van der Waals surface area contributed by atoms with Crippen LogP contribution in [-0.4, -0.2) is 18.6 Å². The lowest BCUT2D eigenvalue weighted by Gasteiger charge is -2.11. The first-order valence-electron chi connectivity index (χ1n) is 5.52. The number of nitrogens with one attached hydrogen (secondary N) is 1. The smallest absolute Gasteiger partial charge is 0.227 e. The van der Waals surface area contributed by atoms with Crippen molar-refractivity contribution < 1.29 is 13.9 Å². The molecule has 0 radical (unpaired) electrons. The van der Waals surface area contributed by atoms with E-state index < -0.39 is 5.82 Å². The minimum absolute atomic E-state index is 0.0273. The van der Waals surface area contributed by atoms with Gasteiger partial charge in [0.05, 0.1) is 18.2 Å². The maximum atomic E-state index is 13.4. The second kappa shape index (κ2) is 5.60. The number of amides is 1. The van der Waals surface area contributed by atoms with E-state index in [9.17, 15) is 9.18 Å². The highest BCUT2D eigenvalue weighted by molar-refractivity contribution is 9.10. The summed E-state index contributed by atoms with van der Waals surface area (Å²) in [5, 5.41) is 2.56. The van der Waals surface area contributed by atoms with Crippen molar-refractivity contribution in [2.24, 2.45) is 0 Å². The summed E-state index contributed by atoms with van der Waals surface area (Å²) in [5.41, 5.74) is 0.190. The fourth-order valence-corrected chi connectivity index (χ4v) is 2.26. The molecule has 17 heavy (non-hydrogen) atoms. The first-order chi connectivity index (χ1) is 8.16. The molecule has 1 aromatic rings. The largest absolute Gasteiger partial charge is 0.378 e. The molecule has 0 unspecified atom stereocenters. The number of hydrogen-bond acceptors (Lipinski definition) is 2. The summed E-state index contributed by atoms with van der Waals surface area (Å²) in [6, 6.07) is 4.58. The van der Waals surface area contributed by atoms with Gasteiger partial charge in [-0.15, -0.1) is 0 Å². The maximum absolute atomic E-state index is 13.4. The Balaban J connectivity index is 1.97. The lowest BCUT2D eigenvalue weighted by Crippen LogP contribution is -2.20. The lowest BCUT2D eigenvalue weighted by atomic mass is 10.2. The Morgan fingerprint density at radius 1 is 1.59 bits per heavy atom. The zero-order valence-electron chi connectivity index (χ0n) is 9.21. The molecule has 3 nitrogen and oxygen atoms in total. The number of anilines is 1. The van der Waals surface area contributed by atoms with E-state index in [1.54, 1.807) is 12.1 Å². The van der Waals surface area contributed by atoms with Crippen LogP contribution in [0.1, 0.15) is 19.3 Å². The third-order valence-electron chi connectivity index (χ3n) is 2.66. The summed E-state index contributed by atoms with van der Waals surface area (Å²) in [4.78, 5) is 11.7. The zero-order chi connectivity index (χ0) is 12.3. The minimum Gasteiger partial charge on any atom is -0.378 e. The highest BCUT2D eigenvalue weighted by Gasteiger charge is 2.20. The van der Waals surface area contributed by atoms with Crippen molar-refractivity contribution in [2.45, 2.75) is 25.4 Å². The summed E-state index contributed by atoms with van der Waals surface area (Å²) in [6.07, 6.45) is 2.13. The van der Waals surface area contributed by atoms with E-state index in [2.05, 4.69) is 21.2 Å². The quantitative estimate of drug-likeness (QED) is 0.932. The van der Waals surface area contributed by atoms with Gasteiger partial charge in [0.1, 0.15) is 5.82 Å². The Kier molecular flexibility index (Phi) is 4.12. The Labute approximate surface area is 107 Å². The fourth-order valence-electron chi connectivity index (χ4n) is 1.82. The average molecular weight is 302 g/mol. The summed E-state index contributed by atoms with van der Waals surface area (Å²) >= 11 is 3.20. The van der Waals surface area contributed by atoms with E-state index in [0.29, 0.717) is 11.1 Å². The van der Waals surface area contributed by atoms with E-state index in [1.807, 2.05) is 0 Å². The molecule has 0 saturated carbocycles. The van der Waals surface area contributed by atoms with Gasteiger partial charge in [0, 0.05) is 11.1 Å². The zero-order valence-corrected chi connectivity index (χ0v) is 10.8. The van der Waals surface area contributed by atoms with Gasteiger partial charge in [-0.2, -0.15) is 0 Å². The molecule has 92 valence electrons. The van der Waals surface area contributed by atoms with Crippen molar-refractivity contribution in [3.05, 3.63) is 28.5 Å². The molecule has 1 aliphatic rings. The molecule has 1 saturated heterocycles. The number of benzene rings is 1. The second-order valence-electron chi connectivity index (χ2n) is 3.98. The molecule has 1 amide bonds. The van der Waals surface area contributed by atoms with Gasteiger partial charge in [-0.25, -0.2) is 4.39 Å². The molecular weight excluding hydrogens is 289 g/mol. The van der Waals surface area contributed by atoms with E-state index in [1.165, 1.54) is 6.07 Å². The van der Waals surface area contributed by atoms with Gasteiger partial charge in [0.15, 0.2) is 0 Å². The van der Waals surface area contributed by atoms with Gasteiger partial charge in [-0.1, -0.05) is 6.07 Å². The third kappa shape index (κ3) is 3.26. The molecular formula is C12H13BrFNO2. The van der Waals surface area contributed by atoms with E-state index in [0.717, 1.165) is 12.8 Å². The van der Waals surface area contributed by atoms with E-state index in [-0.39, 0.29) is 24.1 Å². The van der Waals surface area contributed by atoms with Crippen LogP contribution < -0.4 is 5.32 Å². The Morgan fingerprint density at radius 3 is 3.06 bits per heavy atom. The standard InChI is InChI=1S/C12H13BrFNO2/c13-9-4-1-5-10(14)12(9)15-11(16)7-8-3-2-6-17-8/h1,4-5,8H,2-3,6-7H2,(H,15,16)/t8-/m1/s1. The SMILES string of the molecule is O=C(C[C@H]1CCCO1)Nc1c(F)cccc1Br. The van der Waals surface area contributed by atoms with Crippen molar-refractivity contribution in [3.63, 3.8) is 0 Å². The van der Waals surface area contributed by atoms with Gasteiger partial charge >= 0.3 is 0 Å². The van der Waals surface area contributed by atoms with Crippen LogP contribution in [0.4, 0.5) is 10.1 Å². The molecule has 2 rings (SSSR count). The van der Waals surface area contributed by atoms with Crippen molar-refractivity contribution in [1.82, 2.24) is 0 Å². The predicted molar refractivity (Wildman–Crippen MR) is 66.3 cm³/mol. The predicted octanol–water partition coefficient (Wildman–Crippen LogP) is 3.10. The highest BCUT2D eigenvalue weighted by Crippen LogP contribution is 2.25. The summed E-state index contributed by atoms with van der Waals surface area (Å²) in [5.74, 6) is -0.664. The van der Waals surface area contributed by atoms with E-state index in [4.69, 9.17) is 4.74 Å². The molecule has 0 aromatic heterocycles. The van der Waals surface area contributed by atoms with Crippen LogP contribution in [0.5, 0.6) is 0 Å². The molecule has 0 spiro atoms. The minimum atomic E-state index is -0.444.